The van der Waals surface area contributed by atoms with Crippen LogP contribution >= 0.6 is 23.2 Å². The minimum absolute atomic E-state index is 0.0995. The Kier molecular flexibility index (Phi) is 5.40. The molecular weight excluding hydrogens is 517 g/mol. The minimum atomic E-state index is -1.36. The van der Waals surface area contributed by atoms with E-state index in [4.69, 9.17) is 32.0 Å². The number of hydrogen-bond donors (Lipinski definition) is 2. The topological polar surface area (TPSA) is 114 Å². The molecule has 0 aliphatic heterocycles. The van der Waals surface area contributed by atoms with E-state index >= 15 is 0 Å². The van der Waals surface area contributed by atoms with Gasteiger partial charge in [-0.05, 0) is 48.5 Å². The molecule has 37 heavy (non-hydrogen) atoms. The van der Waals surface area contributed by atoms with Crippen molar-refractivity contribution in [2.24, 2.45) is 0 Å². The molecule has 0 spiro atoms. The van der Waals surface area contributed by atoms with E-state index in [1.54, 1.807) is 24.3 Å². The lowest BCUT2D eigenvalue weighted by molar-refractivity contribution is 0.440. The summed E-state index contributed by atoms with van der Waals surface area (Å²) in [6, 6.07) is 19.4. The third kappa shape index (κ3) is 3.80. The molecule has 0 atom stereocenters. The van der Waals surface area contributed by atoms with E-state index in [2.05, 4.69) is 4.98 Å². The fraction of sp³-hybridized carbons (Fsp3) is 0.0357. The lowest BCUT2D eigenvalue weighted by Crippen LogP contribution is -2.22. The maximum Gasteiger partial charge on any atom is 0.344 e. The highest BCUT2D eigenvalue weighted by molar-refractivity contribution is 6.31. The number of halogens is 2. The number of nitrogens with zero attached hydrogens (tertiary/aromatic N) is 1. The summed E-state index contributed by atoms with van der Waals surface area (Å²) in [6.07, 6.45) is 0. The Bertz CT molecular complexity index is 1890. The summed E-state index contributed by atoms with van der Waals surface area (Å²) in [6.45, 7) is 0. The van der Waals surface area contributed by atoms with Crippen LogP contribution in [-0.4, -0.2) is 15.2 Å². The second-order valence-electron chi connectivity index (χ2n) is 8.45. The predicted molar refractivity (Wildman–Crippen MR) is 141 cm³/mol. The number of fused-ring (bicyclic) bond motifs is 3. The highest BCUT2D eigenvalue weighted by Gasteiger charge is 2.33. The average molecular weight is 532 g/mol. The predicted octanol–water partition coefficient (Wildman–Crippen LogP) is 6.35. The third-order valence-corrected chi connectivity index (χ3v) is 6.71. The number of hydrogen-bond acceptors (Lipinski definition) is 7. The molecule has 9 heteroatoms. The summed E-state index contributed by atoms with van der Waals surface area (Å²) in [7, 11) is 0. The number of benzene rings is 3. The fourth-order valence-electron chi connectivity index (χ4n) is 4.54. The zero-order valence-electron chi connectivity index (χ0n) is 18.7. The fourth-order valence-corrected chi connectivity index (χ4v) is 4.88. The molecule has 0 radical (unpaired) electrons. The lowest BCUT2D eigenvalue weighted by atomic mass is 9.87. The van der Waals surface area contributed by atoms with Gasteiger partial charge in [0.05, 0.1) is 39.0 Å². The van der Waals surface area contributed by atoms with Gasteiger partial charge in [0.25, 0.3) is 0 Å². The van der Waals surface area contributed by atoms with Crippen molar-refractivity contribution in [2.75, 3.05) is 0 Å². The molecule has 6 rings (SSSR count). The molecule has 0 fully saturated rings. The van der Waals surface area contributed by atoms with Gasteiger partial charge in [-0.1, -0.05) is 47.5 Å². The van der Waals surface area contributed by atoms with Crippen molar-refractivity contribution in [3.05, 3.63) is 121 Å². The first-order chi connectivity index (χ1) is 17.8. The van der Waals surface area contributed by atoms with Gasteiger partial charge in [0.1, 0.15) is 22.7 Å². The van der Waals surface area contributed by atoms with Crippen molar-refractivity contribution in [1.29, 1.82) is 0 Å². The molecule has 0 saturated heterocycles. The van der Waals surface area contributed by atoms with Gasteiger partial charge in [0.2, 0.25) is 0 Å². The van der Waals surface area contributed by atoms with Crippen LogP contribution in [-0.2, 0) is 0 Å². The number of aromatic hydroxyl groups is 2. The first kappa shape index (κ1) is 23.1. The molecule has 182 valence electrons. The summed E-state index contributed by atoms with van der Waals surface area (Å²) < 4.78 is 11.0. The summed E-state index contributed by atoms with van der Waals surface area (Å²) in [5.41, 5.74) is -1.47. The molecule has 0 aliphatic rings. The van der Waals surface area contributed by atoms with Gasteiger partial charge in [-0.15, -0.1) is 0 Å². The van der Waals surface area contributed by atoms with Crippen molar-refractivity contribution in [2.45, 2.75) is 5.92 Å². The van der Waals surface area contributed by atoms with Gasteiger partial charge in [0.15, 0.2) is 0 Å². The Balaban J connectivity index is 1.75. The van der Waals surface area contributed by atoms with Crippen molar-refractivity contribution in [1.82, 2.24) is 4.98 Å². The normalized spacial score (nSPS) is 11.6. The summed E-state index contributed by atoms with van der Waals surface area (Å²) in [5.74, 6) is -2.28. The molecule has 3 aromatic heterocycles. The van der Waals surface area contributed by atoms with Gasteiger partial charge < -0.3 is 19.0 Å². The molecule has 0 amide bonds. The van der Waals surface area contributed by atoms with E-state index < -0.39 is 28.7 Å². The van der Waals surface area contributed by atoms with Crippen LogP contribution < -0.4 is 11.3 Å². The molecule has 0 unspecified atom stereocenters. The van der Waals surface area contributed by atoms with Gasteiger partial charge >= 0.3 is 11.3 Å². The molecule has 0 aliphatic carbocycles. The summed E-state index contributed by atoms with van der Waals surface area (Å²) >= 11 is 12.3. The van der Waals surface area contributed by atoms with Crippen molar-refractivity contribution >= 4 is 56.0 Å². The van der Waals surface area contributed by atoms with Gasteiger partial charge in [-0.25, -0.2) is 9.59 Å². The zero-order valence-corrected chi connectivity index (χ0v) is 20.2. The molecule has 3 heterocycles. The second kappa shape index (κ2) is 8.65. The first-order valence-electron chi connectivity index (χ1n) is 11.1. The monoisotopic (exact) mass is 531 g/mol. The molecule has 6 aromatic rings. The Morgan fingerprint density at radius 1 is 0.703 bits per heavy atom. The Labute approximate surface area is 217 Å². The number of aromatic nitrogens is 1. The van der Waals surface area contributed by atoms with E-state index in [1.807, 2.05) is 12.1 Å². The molecule has 0 saturated carbocycles. The van der Waals surface area contributed by atoms with Crippen LogP contribution in [0.5, 0.6) is 11.5 Å². The highest BCUT2D eigenvalue weighted by Crippen LogP contribution is 2.42. The summed E-state index contributed by atoms with van der Waals surface area (Å²) in [4.78, 5) is 31.3. The van der Waals surface area contributed by atoms with Crippen LogP contribution in [0.2, 0.25) is 10.0 Å². The Morgan fingerprint density at radius 3 is 1.81 bits per heavy atom. The maximum absolute atomic E-state index is 13.3. The smallest absolute Gasteiger partial charge is 0.344 e. The van der Waals surface area contributed by atoms with E-state index in [9.17, 15) is 19.8 Å². The largest absolute Gasteiger partial charge is 0.507 e. The second-order valence-corrected chi connectivity index (χ2v) is 9.32. The van der Waals surface area contributed by atoms with E-state index in [1.165, 1.54) is 36.4 Å². The summed E-state index contributed by atoms with van der Waals surface area (Å²) in [5, 5.41) is 24.4. The minimum Gasteiger partial charge on any atom is -0.507 e. The SMILES string of the molecule is O=c1oc2ccc(Cl)cc2c(O)c1C(c1ccc2ccccc2n1)c1c(O)c2cc(Cl)ccc2oc1=O. The lowest BCUT2D eigenvalue weighted by Gasteiger charge is -2.19. The van der Waals surface area contributed by atoms with E-state index in [-0.39, 0.29) is 38.8 Å². The number of pyridine rings is 1. The van der Waals surface area contributed by atoms with E-state index in [0.29, 0.717) is 15.6 Å². The van der Waals surface area contributed by atoms with Gasteiger partial charge in [-0.2, -0.15) is 0 Å². The van der Waals surface area contributed by atoms with Crippen LogP contribution in [0.25, 0.3) is 32.8 Å². The van der Waals surface area contributed by atoms with Crippen LogP contribution in [0, 0.1) is 0 Å². The molecule has 3 aromatic carbocycles. The van der Waals surface area contributed by atoms with Crippen LogP contribution in [0.15, 0.2) is 91.2 Å². The Hall–Kier alpha value is -4.33. The molecule has 2 N–H and O–H groups in total. The van der Waals surface area contributed by atoms with Gasteiger partial charge in [0, 0.05) is 15.4 Å². The van der Waals surface area contributed by atoms with Crippen LogP contribution in [0.1, 0.15) is 22.7 Å². The maximum atomic E-state index is 13.3. The molecular formula is C28H15Cl2NO6. The average Bonchev–Trinajstić information content (AvgIpc) is 2.88. The van der Waals surface area contributed by atoms with Crippen LogP contribution in [0.3, 0.4) is 0 Å². The zero-order chi connectivity index (χ0) is 25.8. The first-order valence-corrected chi connectivity index (χ1v) is 11.8. The standard InChI is InChI=1S/C28H15Cl2NO6/c29-14-6-9-20-16(11-14)25(32)23(27(34)36-20)22(19-8-5-13-3-1-2-4-18(13)31-19)24-26(33)17-12-15(30)7-10-21(17)37-28(24)35/h1-12,22,32-33H. The molecule has 0 bridgehead atoms. The molecule has 7 nitrogen and oxygen atoms in total. The quantitative estimate of drug-likeness (QED) is 0.256. The third-order valence-electron chi connectivity index (χ3n) is 6.24. The Morgan fingerprint density at radius 2 is 1.24 bits per heavy atom. The highest BCUT2D eigenvalue weighted by atomic mass is 35.5. The van der Waals surface area contributed by atoms with Crippen LogP contribution in [0.4, 0.5) is 0 Å². The van der Waals surface area contributed by atoms with Crippen molar-refractivity contribution in [3.8, 4) is 11.5 Å². The van der Waals surface area contributed by atoms with Crippen molar-refractivity contribution in [3.63, 3.8) is 0 Å². The number of rotatable bonds is 3. The number of para-hydroxylation sites is 1. The van der Waals surface area contributed by atoms with E-state index in [0.717, 1.165) is 5.39 Å². The van der Waals surface area contributed by atoms with Crippen molar-refractivity contribution < 1.29 is 19.0 Å². The van der Waals surface area contributed by atoms with Gasteiger partial charge in [-0.3, -0.25) is 4.98 Å².